The van der Waals surface area contributed by atoms with Crippen molar-refractivity contribution in [1.82, 2.24) is 24.7 Å². The number of nitrogens with zero attached hydrogens (tertiary/aromatic N) is 4. The molecule has 3 amide bonds. The zero-order chi connectivity index (χ0) is 20.6. The summed E-state index contributed by atoms with van der Waals surface area (Å²) in [5.74, 6) is -0.364. The van der Waals surface area contributed by atoms with Crippen LogP contribution in [0.15, 0.2) is 42.9 Å². The Morgan fingerprint density at radius 2 is 1.83 bits per heavy atom. The third-order valence-electron chi connectivity index (χ3n) is 5.75. The predicted octanol–water partition coefficient (Wildman–Crippen LogP) is 1.07. The normalized spacial score (nSPS) is 18.4. The van der Waals surface area contributed by atoms with Gasteiger partial charge in [-0.3, -0.25) is 19.4 Å². The number of carbonyl (C=O) groups excluding carboxylic acids is 3. The molecule has 8 heteroatoms. The highest BCUT2D eigenvalue weighted by Crippen LogP contribution is 2.40. The maximum absolute atomic E-state index is 13.0. The summed E-state index contributed by atoms with van der Waals surface area (Å²) in [6, 6.07) is 7.02. The third-order valence-corrected chi connectivity index (χ3v) is 5.75. The van der Waals surface area contributed by atoms with Crippen molar-refractivity contribution >= 4 is 17.7 Å². The van der Waals surface area contributed by atoms with Gasteiger partial charge >= 0.3 is 0 Å². The molecule has 0 saturated carbocycles. The van der Waals surface area contributed by atoms with Crippen molar-refractivity contribution in [3.8, 4) is 5.69 Å². The fraction of sp³-hybridized carbons (Fsp3) is 0.429. The van der Waals surface area contributed by atoms with Crippen molar-refractivity contribution in [3.05, 3.63) is 48.5 Å². The Bertz CT molecular complexity index is 934. The zero-order valence-corrected chi connectivity index (χ0v) is 16.7. The van der Waals surface area contributed by atoms with E-state index in [1.54, 1.807) is 24.1 Å². The fourth-order valence-corrected chi connectivity index (χ4v) is 4.29. The fourth-order valence-electron chi connectivity index (χ4n) is 4.29. The molecule has 2 aliphatic rings. The average molecular weight is 395 g/mol. The minimum atomic E-state index is -0.524. The molecule has 0 bridgehead atoms. The number of amides is 3. The summed E-state index contributed by atoms with van der Waals surface area (Å²) in [6.07, 6.45) is 6.38. The van der Waals surface area contributed by atoms with Gasteiger partial charge in [0.05, 0.1) is 0 Å². The van der Waals surface area contributed by atoms with Gasteiger partial charge in [-0.1, -0.05) is 0 Å². The number of pyridine rings is 1. The Kier molecular flexibility index (Phi) is 4.86. The number of likely N-dealkylation sites (tertiary alicyclic amines) is 2. The highest BCUT2D eigenvalue weighted by molar-refractivity contribution is 5.93. The van der Waals surface area contributed by atoms with Crippen molar-refractivity contribution in [2.75, 3.05) is 26.2 Å². The van der Waals surface area contributed by atoms with E-state index in [2.05, 4.69) is 10.3 Å². The Balaban J connectivity index is 1.37. The maximum atomic E-state index is 13.0. The first-order valence-electron chi connectivity index (χ1n) is 9.81. The smallest absolute Gasteiger partial charge is 0.272 e. The first kappa shape index (κ1) is 19.2. The van der Waals surface area contributed by atoms with E-state index in [1.165, 1.54) is 6.92 Å². The van der Waals surface area contributed by atoms with Gasteiger partial charge in [-0.25, -0.2) is 0 Å². The van der Waals surface area contributed by atoms with Gasteiger partial charge in [0.15, 0.2) is 0 Å². The number of aromatic nitrogens is 2. The molecular weight excluding hydrogens is 370 g/mol. The molecule has 2 fully saturated rings. The molecule has 4 heterocycles. The Morgan fingerprint density at radius 1 is 1.14 bits per heavy atom. The molecule has 2 saturated heterocycles. The van der Waals surface area contributed by atoms with Crippen LogP contribution >= 0.6 is 0 Å². The molecule has 1 atom stereocenters. The molecule has 1 spiro atoms. The number of nitrogens with one attached hydrogen (secondary N) is 1. The van der Waals surface area contributed by atoms with Crippen molar-refractivity contribution in [2.45, 2.75) is 26.3 Å². The molecule has 4 rings (SSSR count). The van der Waals surface area contributed by atoms with Gasteiger partial charge in [0.25, 0.3) is 5.91 Å². The highest BCUT2D eigenvalue weighted by atomic mass is 16.2. The molecule has 0 aliphatic carbocycles. The van der Waals surface area contributed by atoms with Gasteiger partial charge in [0.2, 0.25) is 11.8 Å². The largest absolute Gasteiger partial charge is 0.345 e. The lowest BCUT2D eigenvalue weighted by molar-refractivity contribution is -0.145. The summed E-state index contributed by atoms with van der Waals surface area (Å²) in [4.78, 5) is 44.4. The molecule has 8 nitrogen and oxygen atoms in total. The van der Waals surface area contributed by atoms with Crippen LogP contribution in [0.5, 0.6) is 0 Å². The van der Waals surface area contributed by atoms with Gasteiger partial charge in [0, 0.05) is 62.8 Å². The van der Waals surface area contributed by atoms with Crippen LogP contribution in [0.25, 0.3) is 5.69 Å². The van der Waals surface area contributed by atoms with Crippen LogP contribution < -0.4 is 5.32 Å². The Hall–Kier alpha value is -3.16. The molecule has 1 unspecified atom stereocenters. The minimum Gasteiger partial charge on any atom is -0.345 e. The first-order valence-corrected chi connectivity index (χ1v) is 9.81. The predicted molar refractivity (Wildman–Crippen MR) is 106 cm³/mol. The lowest BCUT2D eigenvalue weighted by Gasteiger charge is -2.48. The van der Waals surface area contributed by atoms with E-state index in [-0.39, 0.29) is 23.1 Å². The van der Waals surface area contributed by atoms with Crippen LogP contribution in [0.1, 0.15) is 30.8 Å². The van der Waals surface area contributed by atoms with Crippen molar-refractivity contribution in [1.29, 1.82) is 0 Å². The van der Waals surface area contributed by atoms with Gasteiger partial charge in [0.1, 0.15) is 11.7 Å². The summed E-state index contributed by atoms with van der Waals surface area (Å²) >= 11 is 0. The third kappa shape index (κ3) is 3.74. The second-order valence-electron chi connectivity index (χ2n) is 8.08. The summed E-state index contributed by atoms with van der Waals surface area (Å²) in [5.41, 5.74) is 1.29. The molecular formula is C21H25N5O3. The summed E-state index contributed by atoms with van der Waals surface area (Å²) in [5, 5.41) is 2.63. The monoisotopic (exact) mass is 395 g/mol. The van der Waals surface area contributed by atoms with E-state index < -0.39 is 6.04 Å². The summed E-state index contributed by atoms with van der Waals surface area (Å²) in [7, 11) is 0. The maximum Gasteiger partial charge on any atom is 0.272 e. The Labute approximate surface area is 169 Å². The summed E-state index contributed by atoms with van der Waals surface area (Å²) in [6.45, 7) is 5.63. The summed E-state index contributed by atoms with van der Waals surface area (Å²) < 4.78 is 1.94. The van der Waals surface area contributed by atoms with Crippen LogP contribution in [0.3, 0.4) is 0 Å². The van der Waals surface area contributed by atoms with Crippen molar-refractivity contribution in [2.24, 2.45) is 5.41 Å². The quantitative estimate of drug-likeness (QED) is 0.839. The zero-order valence-electron chi connectivity index (χ0n) is 16.7. The van der Waals surface area contributed by atoms with Crippen LogP contribution in [-0.4, -0.2) is 69.3 Å². The van der Waals surface area contributed by atoms with Crippen LogP contribution in [0, 0.1) is 5.41 Å². The lowest BCUT2D eigenvalue weighted by atomic mass is 9.78. The Morgan fingerprint density at radius 3 is 2.52 bits per heavy atom. The van der Waals surface area contributed by atoms with Gasteiger partial charge in [-0.2, -0.15) is 0 Å². The SMILES string of the molecule is CC(=O)NC(C)C(=O)N1CC2(CCN(C(=O)c3cc(-n4cccc4)ccn3)C2)C1. The molecule has 2 aromatic rings. The van der Waals surface area contributed by atoms with E-state index in [9.17, 15) is 14.4 Å². The van der Waals surface area contributed by atoms with E-state index >= 15 is 0 Å². The molecule has 1 N–H and O–H groups in total. The molecule has 29 heavy (non-hydrogen) atoms. The van der Waals surface area contributed by atoms with Crippen LogP contribution in [0.4, 0.5) is 0 Å². The topological polar surface area (TPSA) is 87.5 Å². The average Bonchev–Trinajstić information content (AvgIpc) is 3.35. The number of rotatable bonds is 4. The molecule has 2 aromatic heterocycles. The molecule has 0 radical (unpaired) electrons. The van der Waals surface area contributed by atoms with Gasteiger partial charge in [-0.05, 0) is 37.6 Å². The minimum absolute atomic E-state index is 0.0424. The number of hydrogen-bond acceptors (Lipinski definition) is 4. The van der Waals surface area contributed by atoms with Gasteiger partial charge < -0.3 is 19.7 Å². The standard InChI is InChI=1S/C21H25N5O3/c1-15(23-16(2)27)19(28)26-13-21(14-26)6-10-25(12-21)20(29)18-11-17(5-7-22-18)24-8-3-4-9-24/h3-5,7-9,11,15H,6,10,12-14H2,1-2H3,(H,23,27). The van der Waals surface area contributed by atoms with E-state index in [0.717, 1.165) is 12.1 Å². The second-order valence-corrected chi connectivity index (χ2v) is 8.08. The molecule has 152 valence electrons. The van der Waals surface area contributed by atoms with E-state index in [1.807, 2.05) is 40.1 Å². The number of hydrogen-bond donors (Lipinski definition) is 1. The first-order chi connectivity index (χ1) is 13.9. The highest BCUT2D eigenvalue weighted by Gasteiger charge is 2.50. The van der Waals surface area contributed by atoms with Crippen LogP contribution in [0.2, 0.25) is 0 Å². The molecule has 0 aromatic carbocycles. The van der Waals surface area contributed by atoms with Crippen molar-refractivity contribution < 1.29 is 14.4 Å². The van der Waals surface area contributed by atoms with Gasteiger partial charge in [-0.15, -0.1) is 0 Å². The lowest BCUT2D eigenvalue weighted by Crippen LogP contribution is -2.62. The van der Waals surface area contributed by atoms with E-state index in [0.29, 0.717) is 31.9 Å². The number of carbonyl (C=O) groups is 3. The molecule has 2 aliphatic heterocycles. The van der Waals surface area contributed by atoms with Crippen molar-refractivity contribution in [3.63, 3.8) is 0 Å². The second kappa shape index (κ2) is 7.35. The van der Waals surface area contributed by atoms with Crippen LogP contribution in [-0.2, 0) is 9.59 Å². The van der Waals surface area contributed by atoms with E-state index in [4.69, 9.17) is 0 Å².